The Bertz CT molecular complexity index is 520. The van der Waals surface area contributed by atoms with Gasteiger partial charge in [0.1, 0.15) is 5.69 Å². The molecule has 0 heterocycles. The molecule has 0 aliphatic carbocycles. The van der Waals surface area contributed by atoms with E-state index in [0.29, 0.717) is 11.3 Å². The van der Waals surface area contributed by atoms with E-state index in [0.717, 1.165) is 12.2 Å². The van der Waals surface area contributed by atoms with E-state index in [9.17, 15) is 14.9 Å². The lowest BCUT2D eigenvalue weighted by Gasteiger charge is -2.16. The van der Waals surface area contributed by atoms with Crippen LogP contribution in [-0.2, 0) is 0 Å². The lowest BCUT2D eigenvalue weighted by atomic mass is 10.1. The van der Waals surface area contributed by atoms with Gasteiger partial charge in [-0.1, -0.05) is 0 Å². The van der Waals surface area contributed by atoms with Gasteiger partial charge in [-0.05, 0) is 37.5 Å². The summed E-state index contributed by atoms with van der Waals surface area (Å²) in [6.45, 7) is 1.98. The molecular formula is C14H21N3O3S. The predicted octanol–water partition coefficient (Wildman–Crippen LogP) is 2.85. The minimum atomic E-state index is -0.462. The summed E-state index contributed by atoms with van der Waals surface area (Å²) in [4.78, 5) is 24.0. The number of hydrogen-bond acceptors (Lipinski definition) is 5. The van der Waals surface area contributed by atoms with Gasteiger partial charge in [0, 0.05) is 31.8 Å². The van der Waals surface area contributed by atoms with Gasteiger partial charge in [-0.3, -0.25) is 14.9 Å². The Hall–Kier alpha value is -1.76. The fourth-order valence-electron chi connectivity index (χ4n) is 1.83. The molecular weight excluding hydrogens is 290 g/mol. The lowest BCUT2D eigenvalue weighted by Crippen LogP contribution is -2.22. The van der Waals surface area contributed by atoms with Crippen molar-refractivity contribution in [3.05, 3.63) is 33.9 Å². The van der Waals surface area contributed by atoms with Crippen LogP contribution in [0.4, 0.5) is 11.4 Å². The van der Waals surface area contributed by atoms with E-state index in [-0.39, 0.29) is 17.6 Å². The molecule has 6 nitrogen and oxygen atoms in total. The van der Waals surface area contributed by atoms with Gasteiger partial charge in [-0.25, -0.2) is 0 Å². The van der Waals surface area contributed by atoms with Crippen LogP contribution in [-0.4, -0.2) is 47.9 Å². The lowest BCUT2D eigenvalue weighted by molar-refractivity contribution is -0.384. The van der Waals surface area contributed by atoms with Crippen LogP contribution in [0.1, 0.15) is 23.7 Å². The molecule has 0 radical (unpaired) electrons. The number of thioether (sulfide) groups is 1. The minimum absolute atomic E-state index is 0.0706. The van der Waals surface area contributed by atoms with Crippen LogP contribution in [0.2, 0.25) is 0 Å². The monoisotopic (exact) mass is 311 g/mol. The zero-order valence-corrected chi connectivity index (χ0v) is 13.6. The molecule has 1 atom stereocenters. The van der Waals surface area contributed by atoms with Gasteiger partial charge in [-0.15, -0.1) is 0 Å². The number of benzene rings is 1. The average molecular weight is 311 g/mol. The second-order valence-electron chi connectivity index (χ2n) is 5.02. The molecule has 0 aliphatic rings. The summed E-state index contributed by atoms with van der Waals surface area (Å²) in [6.07, 6.45) is 2.94. The highest BCUT2D eigenvalue weighted by atomic mass is 32.2. The molecule has 116 valence electrons. The van der Waals surface area contributed by atoms with Crippen molar-refractivity contribution in [2.24, 2.45) is 0 Å². The molecule has 21 heavy (non-hydrogen) atoms. The second-order valence-corrected chi connectivity index (χ2v) is 6.00. The van der Waals surface area contributed by atoms with Gasteiger partial charge in [0.15, 0.2) is 0 Å². The van der Waals surface area contributed by atoms with Crippen molar-refractivity contribution in [3.63, 3.8) is 0 Å². The molecule has 7 heteroatoms. The predicted molar refractivity (Wildman–Crippen MR) is 87.2 cm³/mol. The second kappa shape index (κ2) is 7.87. The first-order valence-electron chi connectivity index (χ1n) is 6.62. The molecule has 1 N–H and O–H groups in total. The number of carbonyl (C=O) groups excluding carboxylic acids is 1. The number of carbonyl (C=O) groups is 1. The summed E-state index contributed by atoms with van der Waals surface area (Å²) in [6, 6.07) is 4.67. The van der Waals surface area contributed by atoms with Crippen molar-refractivity contribution < 1.29 is 9.72 Å². The van der Waals surface area contributed by atoms with E-state index in [1.54, 1.807) is 38.0 Å². The molecule has 1 unspecified atom stereocenters. The van der Waals surface area contributed by atoms with Crippen LogP contribution in [0.25, 0.3) is 0 Å². The molecule has 0 saturated heterocycles. The van der Waals surface area contributed by atoms with E-state index in [1.165, 1.54) is 11.0 Å². The SMILES string of the molecule is CSCCC(C)Nc1ccc(C(=O)N(C)C)cc1[N+](=O)[O-]. The Labute approximate surface area is 129 Å². The number of anilines is 1. The van der Waals surface area contributed by atoms with Crippen LogP contribution >= 0.6 is 11.8 Å². The smallest absolute Gasteiger partial charge is 0.293 e. The summed E-state index contributed by atoms with van der Waals surface area (Å²) in [5, 5.41) is 14.3. The van der Waals surface area contributed by atoms with Crippen molar-refractivity contribution in [2.75, 3.05) is 31.4 Å². The highest BCUT2D eigenvalue weighted by Crippen LogP contribution is 2.27. The van der Waals surface area contributed by atoms with Crippen LogP contribution in [0, 0.1) is 10.1 Å². The van der Waals surface area contributed by atoms with Crippen molar-refractivity contribution in [2.45, 2.75) is 19.4 Å². The number of nitro groups is 1. The van der Waals surface area contributed by atoms with Gasteiger partial charge in [0.05, 0.1) is 4.92 Å². The summed E-state index contributed by atoms with van der Waals surface area (Å²) < 4.78 is 0. The third-order valence-electron chi connectivity index (χ3n) is 3.00. The number of hydrogen-bond donors (Lipinski definition) is 1. The van der Waals surface area contributed by atoms with Gasteiger partial charge < -0.3 is 10.2 Å². The number of rotatable bonds is 7. The standard InChI is InChI=1S/C14H21N3O3S/c1-10(7-8-21-4)15-12-6-5-11(14(18)16(2)3)9-13(12)17(19)20/h5-6,9-10,15H,7-8H2,1-4H3. The number of amides is 1. The Kier molecular flexibility index (Phi) is 6.48. The van der Waals surface area contributed by atoms with Crippen molar-refractivity contribution >= 4 is 29.0 Å². The Morgan fingerprint density at radius 1 is 1.48 bits per heavy atom. The van der Waals surface area contributed by atoms with E-state index < -0.39 is 4.92 Å². The zero-order chi connectivity index (χ0) is 16.0. The summed E-state index contributed by atoms with van der Waals surface area (Å²) in [7, 11) is 3.23. The first-order chi connectivity index (χ1) is 9.86. The molecule has 0 spiro atoms. The van der Waals surface area contributed by atoms with E-state index in [1.807, 2.05) is 13.2 Å². The summed E-state index contributed by atoms with van der Waals surface area (Å²) in [5.74, 6) is 0.735. The quantitative estimate of drug-likeness (QED) is 0.619. The highest BCUT2D eigenvalue weighted by molar-refractivity contribution is 7.98. The maximum Gasteiger partial charge on any atom is 0.293 e. The maximum absolute atomic E-state index is 11.9. The summed E-state index contributed by atoms with van der Waals surface area (Å²) in [5.41, 5.74) is 0.691. The van der Waals surface area contributed by atoms with Crippen molar-refractivity contribution in [1.29, 1.82) is 0 Å². The number of nitrogens with one attached hydrogen (secondary N) is 1. The van der Waals surface area contributed by atoms with E-state index in [2.05, 4.69) is 5.32 Å². The molecule has 0 bridgehead atoms. The van der Waals surface area contributed by atoms with Gasteiger partial charge in [0.2, 0.25) is 0 Å². The normalized spacial score (nSPS) is 11.8. The van der Waals surface area contributed by atoms with E-state index >= 15 is 0 Å². The maximum atomic E-state index is 11.9. The zero-order valence-electron chi connectivity index (χ0n) is 12.8. The van der Waals surface area contributed by atoms with Gasteiger partial charge >= 0.3 is 0 Å². The molecule has 0 aliphatic heterocycles. The fourth-order valence-corrected chi connectivity index (χ4v) is 2.42. The Morgan fingerprint density at radius 3 is 2.67 bits per heavy atom. The van der Waals surface area contributed by atoms with Crippen LogP contribution in [0.3, 0.4) is 0 Å². The van der Waals surface area contributed by atoms with Crippen LogP contribution in [0.15, 0.2) is 18.2 Å². The molecule has 1 rings (SSSR count). The molecule has 1 aromatic rings. The largest absolute Gasteiger partial charge is 0.377 e. The van der Waals surface area contributed by atoms with Crippen LogP contribution < -0.4 is 5.32 Å². The van der Waals surface area contributed by atoms with E-state index in [4.69, 9.17) is 0 Å². The molecule has 1 amide bonds. The molecule has 0 aromatic heterocycles. The Morgan fingerprint density at radius 2 is 2.14 bits per heavy atom. The summed E-state index contributed by atoms with van der Waals surface area (Å²) >= 11 is 1.74. The van der Waals surface area contributed by atoms with Crippen LogP contribution in [0.5, 0.6) is 0 Å². The molecule has 0 saturated carbocycles. The highest BCUT2D eigenvalue weighted by Gasteiger charge is 2.19. The first kappa shape index (κ1) is 17.3. The number of nitrogens with zero attached hydrogens (tertiary/aromatic N) is 2. The Balaban J connectivity index is 3.00. The minimum Gasteiger partial charge on any atom is -0.377 e. The molecule has 0 fully saturated rings. The average Bonchev–Trinajstić information content (AvgIpc) is 2.44. The first-order valence-corrected chi connectivity index (χ1v) is 8.01. The molecule has 1 aromatic carbocycles. The van der Waals surface area contributed by atoms with Crippen molar-refractivity contribution in [3.8, 4) is 0 Å². The third kappa shape index (κ3) is 4.93. The third-order valence-corrected chi connectivity index (χ3v) is 3.65. The van der Waals surface area contributed by atoms with Gasteiger partial charge in [0.25, 0.3) is 11.6 Å². The number of nitro benzene ring substituents is 1. The van der Waals surface area contributed by atoms with Gasteiger partial charge in [-0.2, -0.15) is 11.8 Å². The fraction of sp³-hybridized carbons (Fsp3) is 0.500. The van der Waals surface area contributed by atoms with Crippen molar-refractivity contribution in [1.82, 2.24) is 4.90 Å². The topological polar surface area (TPSA) is 75.5 Å².